The molecular weight excluding hydrogens is 295 g/mol. The first-order valence-corrected chi connectivity index (χ1v) is 6.13. The number of hydrogen-bond donors (Lipinski definition) is 2. The number of para-hydroxylation sites is 1. The summed E-state index contributed by atoms with van der Waals surface area (Å²) in [6.07, 6.45) is 0. The van der Waals surface area contributed by atoms with E-state index in [2.05, 4.69) is 15.3 Å². The average Bonchev–Trinajstić information content (AvgIpc) is 2.30. The first-order chi connectivity index (χ1) is 8.49. The highest BCUT2D eigenvalue weighted by Gasteiger charge is 2.11. The van der Waals surface area contributed by atoms with Crippen LogP contribution < -0.4 is 11.1 Å². The summed E-state index contributed by atoms with van der Waals surface area (Å²) in [6, 6.07) is 5.17. The normalized spacial score (nSPS) is 10.4. The van der Waals surface area contributed by atoms with Crippen molar-refractivity contribution in [2.75, 3.05) is 11.1 Å². The highest BCUT2D eigenvalue weighted by molar-refractivity contribution is 6.39. The van der Waals surface area contributed by atoms with Crippen LogP contribution in [0.15, 0.2) is 18.2 Å². The van der Waals surface area contributed by atoms with Gasteiger partial charge in [0.2, 0.25) is 5.28 Å². The van der Waals surface area contributed by atoms with Gasteiger partial charge in [-0.2, -0.15) is 4.98 Å². The van der Waals surface area contributed by atoms with E-state index in [1.165, 1.54) is 0 Å². The summed E-state index contributed by atoms with van der Waals surface area (Å²) in [6.45, 7) is 1.74. The van der Waals surface area contributed by atoms with Crippen LogP contribution in [0.4, 0.5) is 17.2 Å². The Balaban J connectivity index is 2.46. The molecule has 0 unspecified atom stereocenters. The Hall–Kier alpha value is -1.23. The molecule has 0 bridgehead atoms. The zero-order valence-corrected chi connectivity index (χ0v) is 11.6. The van der Waals surface area contributed by atoms with Gasteiger partial charge in [-0.05, 0) is 30.7 Å². The smallest absolute Gasteiger partial charge is 0.224 e. The summed E-state index contributed by atoms with van der Waals surface area (Å²) in [4.78, 5) is 7.96. The van der Waals surface area contributed by atoms with Crippen LogP contribution in [0.2, 0.25) is 15.3 Å². The van der Waals surface area contributed by atoms with E-state index in [1.54, 1.807) is 25.1 Å². The maximum atomic E-state index is 6.05. The average molecular weight is 304 g/mol. The Morgan fingerprint density at radius 3 is 2.33 bits per heavy atom. The van der Waals surface area contributed by atoms with Gasteiger partial charge in [-0.15, -0.1) is 0 Å². The molecule has 18 heavy (non-hydrogen) atoms. The maximum Gasteiger partial charge on any atom is 0.224 e. The SMILES string of the molecule is Cc1nc(Cl)nc(Nc2c(Cl)cccc2Cl)c1N. The fraction of sp³-hybridized carbons (Fsp3) is 0.0909. The predicted molar refractivity (Wildman–Crippen MR) is 75.9 cm³/mol. The molecule has 0 fully saturated rings. The molecule has 1 aromatic carbocycles. The first-order valence-electron chi connectivity index (χ1n) is 4.99. The second-order valence-corrected chi connectivity index (χ2v) is 4.71. The summed E-state index contributed by atoms with van der Waals surface area (Å²) in [5.41, 5.74) is 7.38. The first kappa shape index (κ1) is 13.2. The van der Waals surface area contributed by atoms with Crippen molar-refractivity contribution in [3.05, 3.63) is 39.2 Å². The van der Waals surface area contributed by atoms with E-state index in [4.69, 9.17) is 40.5 Å². The van der Waals surface area contributed by atoms with E-state index in [9.17, 15) is 0 Å². The van der Waals surface area contributed by atoms with Gasteiger partial charge in [0.1, 0.15) is 0 Å². The molecule has 0 radical (unpaired) electrons. The molecule has 0 amide bonds. The van der Waals surface area contributed by atoms with Gasteiger partial charge in [-0.25, -0.2) is 4.98 Å². The van der Waals surface area contributed by atoms with Crippen LogP contribution in [0.1, 0.15) is 5.69 Å². The van der Waals surface area contributed by atoms with Crippen LogP contribution in [-0.2, 0) is 0 Å². The minimum Gasteiger partial charge on any atom is -0.394 e. The van der Waals surface area contributed by atoms with Gasteiger partial charge in [0.05, 0.1) is 27.1 Å². The number of benzene rings is 1. The lowest BCUT2D eigenvalue weighted by molar-refractivity contribution is 1.11. The van der Waals surface area contributed by atoms with Crippen molar-refractivity contribution < 1.29 is 0 Å². The predicted octanol–water partition coefficient (Wildman–Crippen LogP) is 4.07. The molecule has 2 rings (SSSR count). The van der Waals surface area contributed by atoms with E-state index in [0.717, 1.165) is 0 Å². The van der Waals surface area contributed by atoms with Crippen molar-refractivity contribution >= 4 is 52.0 Å². The van der Waals surface area contributed by atoms with Gasteiger partial charge in [-0.1, -0.05) is 29.3 Å². The molecule has 0 aliphatic carbocycles. The summed E-state index contributed by atoms with van der Waals surface area (Å²) in [5, 5.41) is 4.00. The van der Waals surface area contributed by atoms with Crippen molar-refractivity contribution in [1.82, 2.24) is 9.97 Å². The molecule has 0 aliphatic heterocycles. The third-order valence-corrected chi connectivity index (χ3v) is 3.11. The Morgan fingerprint density at radius 2 is 1.72 bits per heavy atom. The molecule has 7 heteroatoms. The van der Waals surface area contributed by atoms with Gasteiger partial charge in [0.25, 0.3) is 0 Å². The Bertz CT molecular complexity index is 581. The van der Waals surface area contributed by atoms with Crippen LogP contribution >= 0.6 is 34.8 Å². The second-order valence-electron chi connectivity index (χ2n) is 3.56. The summed E-state index contributed by atoms with van der Waals surface area (Å²) in [5.74, 6) is 0.377. The van der Waals surface area contributed by atoms with Gasteiger partial charge < -0.3 is 11.1 Å². The molecule has 0 saturated heterocycles. The number of anilines is 3. The summed E-state index contributed by atoms with van der Waals surface area (Å²) >= 11 is 17.9. The lowest BCUT2D eigenvalue weighted by Gasteiger charge is -2.12. The van der Waals surface area contributed by atoms with Gasteiger partial charge in [0, 0.05) is 0 Å². The van der Waals surface area contributed by atoms with Crippen molar-refractivity contribution in [2.24, 2.45) is 0 Å². The highest BCUT2D eigenvalue weighted by atomic mass is 35.5. The largest absolute Gasteiger partial charge is 0.394 e. The number of nitrogens with zero attached hydrogens (tertiary/aromatic N) is 2. The van der Waals surface area contributed by atoms with Crippen LogP contribution in [0, 0.1) is 6.92 Å². The van der Waals surface area contributed by atoms with Crippen LogP contribution in [-0.4, -0.2) is 9.97 Å². The molecule has 3 N–H and O–H groups in total. The monoisotopic (exact) mass is 302 g/mol. The van der Waals surface area contributed by atoms with E-state index >= 15 is 0 Å². The molecule has 94 valence electrons. The van der Waals surface area contributed by atoms with Crippen molar-refractivity contribution in [2.45, 2.75) is 6.92 Å². The standard InChI is InChI=1S/C11H9Cl3N4/c1-5-8(15)10(18-11(14)16-5)17-9-6(12)3-2-4-7(9)13/h2-4H,15H2,1H3,(H,16,17,18). The molecule has 0 atom stereocenters. The number of nitrogens with two attached hydrogens (primary N) is 1. The number of aryl methyl sites for hydroxylation is 1. The number of nitrogen functional groups attached to an aromatic ring is 1. The lowest BCUT2D eigenvalue weighted by atomic mass is 10.3. The number of rotatable bonds is 2. The van der Waals surface area contributed by atoms with E-state index in [1.807, 2.05) is 0 Å². The highest BCUT2D eigenvalue weighted by Crippen LogP contribution is 2.34. The number of hydrogen-bond acceptors (Lipinski definition) is 4. The van der Waals surface area contributed by atoms with E-state index in [-0.39, 0.29) is 5.28 Å². The third-order valence-electron chi connectivity index (χ3n) is 2.32. The van der Waals surface area contributed by atoms with E-state index in [0.29, 0.717) is 32.9 Å². The molecule has 1 aromatic heterocycles. The Morgan fingerprint density at radius 1 is 1.11 bits per heavy atom. The minimum absolute atomic E-state index is 0.104. The molecule has 0 spiro atoms. The van der Waals surface area contributed by atoms with Crippen LogP contribution in [0.3, 0.4) is 0 Å². The second kappa shape index (κ2) is 5.18. The molecule has 4 nitrogen and oxygen atoms in total. The molecule has 2 aromatic rings. The fourth-order valence-electron chi connectivity index (χ4n) is 1.38. The Kier molecular flexibility index (Phi) is 3.80. The van der Waals surface area contributed by atoms with Crippen molar-refractivity contribution in [3.8, 4) is 0 Å². The van der Waals surface area contributed by atoms with Crippen LogP contribution in [0.25, 0.3) is 0 Å². The quantitative estimate of drug-likeness (QED) is 0.821. The molecule has 1 heterocycles. The molecular formula is C11H9Cl3N4. The Labute approximate surface area is 119 Å². The van der Waals surface area contributed by atoms with Gasteiger partial charge in [-0.3, -0.25) is 0 Å². The number of aromatic nitrogens is 2. The zero-order valence-electron chi connectivity index (χ0n) is 9.34. The number of nitrogens with one attached hydrogen (secondary N) is 1. The topological polar surface area (TPSA) is 63.8 Å². The van der Waals surface area contributed by atoms with Crippen LogP contribution in [0.5, 0.6) is 0 Å². The lowest BCUT2D eigenvalue weighted by Crippen LogP contribution is -2.04. The summed E-state index contributed by atoms with van der Waals surface area (Å²) in [7, 11) is 0. The number of halogens is 3. The van der Waals surface area contributed by atoms with Crippen molar-refractivity contribution in [3.63, 3.8) is 0 Å². The third kappa shape index (κ3) is 2.61. The van der Waals surface area contributed by atoms with Gasteiger partial charge in [0.15, 0.2) is 5.82 Å². The zero-order chi connectivity index (χ0) is 13.3. The van der Waals surface area contributed by atoms with E-state index < -0.39 is 0 Å². The van der Waals surface area contributed by atoms with Crippen molar-refractivity contribution in [1.29, 1.82) is 0 Å². The molecule has 0 aliphatic rings. The molecule has 0 saturated carbocycles. The maximum absolute atomic E-state index is 6.05. The fourth-order valence-corrected chi connectivity index (χ4v) is 2.08. The summed E-state index contributed by atoms with van der Waals surface area (Å²) < 4.78 is 0. The minimum atomic E-state index is 0.104. The van der Waals surface area contributed by atoms with Gasteiger partial charge >= 0.3 is 0 Å².